The molecule has 0 saturated heterocycles. The van der Waals surface area contributed by atoms with Gasteiger partial charge in [-0.1, -0.05) is 42.3 Å². The van der Waals surface area contributed by atoms with Crippen LogP contribution in [0.5, 0.6) is 0 Å². The van der Waals surface area contributed by atoms with E-state index in [1.54, 1.807) is 0 Å². The fraction of sp³-hybridized carbons (Fsp3) is 0.312. The number of hydrogen-bond donors (Lipinski definition) is 0. The van der Waals surface area contributed by atoms with Crippen molar-refractivity contribution in [3.63, 3.8) is 0 Å². The first-order chi connectivity index (χ1) is 9.84. The van der Waals surface area contributed by atoms with E-state index in [9.17, 15) is 5.11 Å². The maximum Gasteiger partial charge on any atom is 2.00 e. The van der Waals surface area contributed by atoms with Crippen molar-refractivity contribution in [2.45, 2.75) is 25.7 Å². The SMILES string of the molecule is [Fe+2].[N-]=[N+]=NCCCCCC([O-])=C1C=CC=C1.c1cc[cH-]c1. The molecule has 21 heavy (non-hydrogen) atoms. The third-order valence-corrected chi connectivity index (χ3v) is 2.77. The third kappa shape index (κ3) is 9.69. The first-order valence-electron chi connectivity index (χ1n) is 6.77. The molecule has 0 unspecified atom stereocenters. The van der Waals surface area contributed by atoms with Crippen LogP contribution in [-0.4, -0.2) is 6.54 Å². The molecule has 0 atom stereocenters. The van der Waals surface area contributed by atoms with Crippen LogP contribution in [0, 0.1) is 0 Å². The Bertz CT molecular complexity index is 466. The van der Waals surface area contributed by atoms with Gasteiger partial charge in [-0.2, -0.15) is 18.2 Å². The van der Waals surface area contributed by atoms with Crippen molar-refractivity contribution >= 4 is 0 Å². The van der Waals surface area contributed by atoms with Gasteiger partial charge in [-0.25, -0.2) is 12.1 Å². The molecule has 0 amide bonds. The van der Waals surface area contributed by atoms with Crippen molar-refractivity contribution in [1.82, 2.24) is 0 Å². The minimum atomic E-state index is 0. The summed E-state index contributed by atoms with van der Waals surface area (Å²) in [7, 11) is 0. The van der Waals surface area contributed by atoms with Crippen LogP contribution in [-0.2, 0) is 17.1 Å². The quantitative estimate of drug-likeness (QED) is 0.148. The van der Waals surface area contributed by atoms with Crippen molar-refractivity contribution in [3.8, 4) is 0 Å². The summed E-state index contributed by atoms with van der Waals surface area (Å²) in [5.41, 5.74) is 8.84. The van der Waals surface area contributed by atoms with Crippen molar-refractivity contribution in [2.75, 3.05) is 6.54 Å². The Morgan fingerprint density at radius 2 is 1.81 bits per heavy atom. The number of nitrogens with zero attached hydrogens (tertiary/aromatic N) is 3. The molecule has 112 valence electrons. The summed E-state index contributed by atoms with van der Waals surface area (Å²) in [6, 6.07) is 10.0. The first kappa shape index (κ1) is 19.2. The Labute approximate surface area is 136 Å². The maximum atomic E-state index is 11.5. The molecule has 0 spiro atoms. The molecular weight excluding hydrogens is 306 g/mol. The van der Waals surface area contributed by atoms with Crippen LogP contribution < -0.4 is 5.11 Å². The average Bonchev–Trinajstić information content (AvgIpc) is 3.18. The summed E-state index contributed by atoms with van der Waals surface area (Å²) in [6.45, 7) is 0.529. The topological polar surface area (TPSA) is 71.8 Å². The van der Waals surface area contributed by atoms with Crippen LogP contribution in [0.1, 0.15) is 25.7 Å². The first-order valence-corrected chi connectivity index (χ1v) is 6.77. The number of hydrogen-bond acceptors (Lipinski definition) is 2. The van der Waals surface area contributed by atoms with E-state index in [0.717, 1.165) is 24.8 Å². The fourth-order valence-corrected chi connectivity index (χ4v) is 1.71. The van der Waals surface area contributed by atoms with Gasteiger partial charge in [0.25, 0.3) is 0 Å². The van der Waals surface area contributed by atoms with Gasteiger partial charge in [0.05, 0.1) is 0 Å². The molecule has 2 rings (SSSR count). The monoisotopic (exact) mass is 325 g/mol. The minimum Gasteiger partial charge on any atom is -0.875 e. The number of unbranched alkanes of at least 4 members (excludes halogenated alkanes) is 2. The predicted octanol–water partition coefficient (Wildman–Crippen LogP) is 4.00. The summed E-state index contributed by atoms with van der Waals surface area (Å²) in [6.07, 6.45) is 10.7. The van der Waals surface area contributed by atoms with Crippen LogP contribution in [0.3, 0.4) is 0 Å². The van der Waals surface area contributed by atoms with Crippen molar-refractivity contribution < 1.29 is 22.2 Å². The normalized spacial score (nSPS) is 11.1. The molecule has 0 aliphatic heterocycles. The van der Waals surface area contributed by atoms with Gasteiger partial charge in [0.15, 0.2) is 0 Å². The Hall–Kier alpha value is -1.80. The second kappa shape index (κ2) is 13.2. The van der Waals surface area contributed by atoms with Gasteiger partial charge >= 0.3 is 17.1 Å². The van der Waals surface area contributed by atoms with Gasteiger partial charge in [-0.05, 0) is 23.9 Å². The van der Waals surface area contributed by atoms with Gasteiger partial charge < -0.3 is 5.11 Å². The average molecular weight is 325 g/mol. The Balaban J connectivity index is 0.000000562. The molecule has 0 fully saturated rings. The zero-order valence-electron chi connectivity index (χ0n) is 11.8. The van der Waals surface area contributed by atoms with Crippen LogP contribution in [0.15, 0.2) is 71.1 Å². The second-order valence-electron chi connectivity index (χ2n) is 4.32. The molecule has 1 aliphatic rings. The smallest absolute Gasteiger partial charge is 0.875 e. The molecule has 0 saturated carbocycles. The van der Waals surface area contributed by atoms with E-state index in [-0.39, 0.29) is 22.8 Å². The minimum absolute atomic E-state index is 0. The van der Waals surface area contributed by atoms with E-state index >= 15 is 0 Å². The summed E-state index contributed by atoms with van der Waals surface area (Å²) < 4.78 is 0. The molecule has 0 N–H and O–H groups in total. The molecular formula is C16H19FeN3O. The molecule has 1 aromatic rings. The summed E-state index contributed by atoms with van der Waals surface area (Å²) in [4.78, 5) is 2.67. The molecule has 0 heterocycles. The maximum absolute atomic E-state index is 11.5. The largest absolute Gasteiger partial charge is 2.00 e. The van der Waals surface area contributed by atoms with Crippen molar-refractivity contribution in [3.05, 3.63) is 76.4 Å². The van der Waals surface area contributed by atoms with E-state index in [1.165, 1.54) is 0 Å². The zero-order valence-corrected chi connectivity index (χ0v) is 12.9. The van der Waals surface area contributed by atoms with E-state index in [4.69, 9.17) is 5.53 Å². The van der Waals surface area contributed by atoms with Gasteiger partial charge in [-0.15, -0.1) is 5.76 Å². The molecule has 0 aromatic heterocycles. The second-order valence-corrected chi connectivity index (χ2v) is 4.32. The van der Waals surface area contributed by atoms with Crippen LogP contribution in [0.4, 0.5) is 0 Å². The van der Waals surface area contributed by atoms with Crippen molar-refractivity contribution in [2.24, 2.45) is 5.11 Å². The fourth-order valence-electron chi connectivity index (χ4n) is 1.71. The van der Waals surface area contributed by atoms with Crippen molar-refractivity contribution in [1.29, 1.82) is 0 Å². The van der Waals surface area contributed by atoms with Crippen LogP contribution in [0.2, 0.25) is 0 Å². The summed E-state index contributed by atoms with van der Waals surface area (Å²) >= 11 is 0. The Morgan fingerprint density at radius 3 is 2.33 bits per heavy atom. The van der Waals surface area contributed by atoms with Crippen LogP contribution >= 0.6 is 0 Å². The number of rotatable bonds is 6. The Kier molecular flexibility index (Phi) is 12.1. The molecule has 4 nitrogen and oxygen atoms in total. The van der Waals surface area contributed by atoms with E-state index in [0.29, 0.717) is 13.0 Å². The molecule has 5 heteroatoms. The van der Waals surface area contributed by atoms with E-state index in [1.807, 2.05) is 54.6 Å². The molecule has 1 aromatic carbocycles. The van der Waals surface area contributed by atoms with Crippen LogP contribution in [0.25, 0.3) is 10.4 Å². The predicted molar refractivity (Wildman–Crippen MR) is 79.8 cm³/mol. The molecule has 0 radical (unpaired) electrons. The van der Waals surface area contributed by atoms with Gasteiger partial charge in [0, 0.05) is 11.5 Å². The number of allylic oxidation sites excluding steroid dienone is 6. The summed E-state index contributed by atoms with van der Waals surface area (Å²) in [5.74, 6) is 0.198. The molecule has 1 aliphatic carbocycles. The van der Waals surface area contributed by atoms with E-state index in [2.05, 4.69) is 10.0 Å². The standard InChI is InChI=1S/C11H15N3O.C5H5.Fe/c12-14-13-9-5-1-2-8-11(15)10-6-3-4-7-10;1-2-4-5-3-1;/h3-4,6-7,15H,1-2,5,8-9H2;1-5H;/q;-1;+2/p-1. The van der Waals surface area contributed by atoms with Gasteiger partial charge in [0.1, 0.15) is 0 Å². The van der Waals surface area contributed by atoms with E-state index < -0.39 is 0 Å². The summed E-state index contributed by atoms with van der Waals surface area (Å²) in [5, 5.41) is 14.9. The molecule has 0 bridgehead atoms. The third-order valence-electron chi connectivity index (χ3n) is 2.77. The van der Waals surface area contributed by atoms with Gasteiger partial charge in [0.2, 0.25) is 0 Å². The number of azide groups is 1. The zero-order chi connectivity index (χ0) is 14.5. The Morgan fingerprint density at radius 1 is 1.14 bits per heavy atom. The van der Waals surface area contributed by atoms with Gasteiger partial charge in [-0.3, -0.25) is 0 Å².